The van der Waals surface area contributed by atoms with Gasteiger partial charge in [0.25, 0.3) is 0 Å². The maximum absolute atomic E-state index is 11.4. The Morgan fingerprint density at radius 3 is 3.00 bits per heavy atom. The van der Waals surface area contributed by atoms with Crippen molar-refractivity contribution in [3.8, 4) is 0 Å². The molecule has 0 bridgehead atoms. The van der Waals surface area contributed by atoms with Gasteiger partial charge in [-0.2, -0.15) is 9.61 Å². The molecule has 18 heavy (non-hydrogen) atoms. The lowest BCUT2D eigenvalue weighted by molar-refractivity contribution is 0.602. The maximum Gasteiger partial charge on any atom is 0.157 e. The molecule has 1 atom stereocenters. The Balaban J connectivity index is 1.93. The minimum Gasteiger partial charge on any atom is -0.366 e. The predicted octanol–water partition coefficient (Wildman–Crippen LogP) is 0.637. The largest absolute Gasteiger partial charge is 0.366 e. The van der Waals surface area contributed by atoms with Gasteiger partial charge in [0.15, 0.2) is 15.5 Å². The number of aromatic nitrogens is 3. The molecule has 3 rings (SSSR count). The molecule has 1 saturated heterocycles. The minimum absolute atomic E-state index is 0.0378. The van der Waals surface area contributed by atoms with E-state index >= 15 is 0 Å². The molecule has 0 aromatic carbocycles. The zero-order chi connectivity index (χ0) is 12.8. The van der Waals surface area contributed by atoms with E-state index in [1.54, 1.807) is 4.52 Å². The fourth-order valence-corrected chi connectivity index (χ4v) is 3.95. The lowest BCUT2D eigenvalue weighted by atomic mass is 10.2. The third kappa shape index (κ3) is 2.05. The van der Waals surface area contributed by atoms with Crippen LogP contribution in [0.3, 0.4) is 0 Å². The van der Waals surface area contributed by atoms with Crippen molar-refractivity contribution in [1.82, 2.24) is 14.6 Å². The average Bonchev–Trinajstić information content (AvgIpc) is 2.84. The van der Waals surface area contributed by atoms with E-state index in [0.717, 1.165) is 17.0 Å². The second-order valence-corrected chi connectivity index (χ2v) is 6.92. The second kappa shape index (κ2) is 3.94. The summed E-state index contributed by atoms with van der Waals surface area (Å²) in [7, 11) is -2.87. The van der Waals surface area contributed by atoms with Gasteiger partial charge < -0.3 is 5.32 Å². The molecule has 3 heterocycles. The molecule has 96 valence electrons. The van der Waals surface area contributed by atoms with Crippen molar-refractivity contribution in [2.24, 2.45) is 0 Å². The van der Waals surface area contributed by atoms with Gasteiger partial charge in [0.05, 0.1) is 11.5 Å². The molecule has 7 heteroatoms. The maximum atomic E-state index is 11.4. The van der Waals surface area contributed by atoms with Crippen LogP contribution in [0.25, 0.3) is 5.65 Å². The van der Waals surface area contributed by atoms with Gasteiger partial charge in [0, 0.05) is 6.04 Å². The highest BCUT2D eigenvalue weighted by atomic mass is 32.2. The van der Waals surface area contributed by atoms with Gasteiger partial charge >= 0.3 is 0 Å². The van der Waals surface area contributed by atoms with Crippen LogP contribution in [0.15, 0.2) is 18.5 Å². The molecule has 1 aliphatic heterocycles. The first-order valence-electron chi connectivity index (χ1n) is 5.81. The van der Waals surface area contributed by atoms with Gasteiger partial charge in [0.1, 0.15) is 12.1 Å². The van der Waals surface area contributed by atoms with Crippen molar-refractivity contribution in [3.63, 3.8) is 0 Å². The molecule has 1 aliphatic rings. The summed E-state index contributed by atoms with van der Waals surface area (Å²) in [5, 5.41) is 7.38. The van der Waals surface area contributed by atoms with E-state index in [2.05, 4.69) is 15.4 Å². The van der Waals surface area contributed by atoms with Crippen LogP contribution in [0.4, 0.5) is 5.82 Å². The van der Waals surface area contributed by atoms with E-state index in [1.807, 2.05) is 19.1 Å². The molecule has 1 unspecified atom stereocenters. The third-order valence-corrected chi connectivity index (χ3v) is 4.88. The number of pyridine rings is 1. The van der Waals surface area contributed by atoms with Crippen LogP contribution in [-0.2, 0) is 9.84 Å². The first-order chi connectivity index (χ1) is 8.53. The molecule has 1 N–H and O–H groups in total. The number of hydrogen-bond acceptors (Lipinski definition) is 5. The Kier molecular flexibility index (Phi) is 2.51. The molecule has 0 aliphatic carbocycles. The molecular weight excluding hydrogens is 252 g/mol. The SMILES string of the molecule is Cc1cc(NC2CCS(=O)(=O)C2)n2ncnc2c1. The molecule has 0 saturated carbocycles. The van der Waals surface area contributed by atoms with Crippen LogP contribution in [0.5, 0.6) is 0 Å². The molecule has 2 aromatic heterocycles. The normalized spacial score (nSPS) is 22.4. The number of nitrogens with zero attached hydrogens (tertiary/aromatic N) is 3. The summed E-state index contributed by atoms with van der Waals surface area (Å²) in [5.74, 6) is 1.25. The van der Waals surface area contributed by atoms with Crippen molar-refractivity contribution in [1.29, 1.82) is 0 Å². The Morgan fingerprint density at radius 2 is 2.28 bits per heavy atom. The van der Waals surface area contributed by atoms with E-state index in [4.69, 9.17) is 0 Å². The smallest absolute Gasteiger partial charge is 0.157 e. The highest BCUT2D eigenvalue weighted by Crippen LogP contribution is 2.19. The number of anilines is 1. The van der Waals surface area contributed by atoms with Crippen LogP contribution >= 0.6 is 0 Å². The van der Waals surface area contributed by atoms with Crippen molar-refractivity contribution in [2.75, 3.05) is 16.8 Å². The highest BCUT2D eigenvalue weighted by Gasteiger charge is 2.28. The van der Waals surface area contributed by atoms with E-state index in [-0.39, 0.29) is 17.5 Å². The van der Waals surface area contributed by atoms with Crippen LogP contribution in [0.1, 0.15) is 12.0 Å². The highest BCUT2D eigenvalue weighted by molar-refractivity contribution is 7.91. The standard InChI is InChI=1S/C11H14N4O2S/c1-8-4-10-12-7-13-15(10)11(5-8)14-9-2-3-18(16,17)6-9/h4-5,7,9,14H,2-3,6H2,1H3. The minimum atomic E-state index is -2.87. The van der Waals surface area contributed by atoms with Crippen molar-refractivity contribution in [3.05, 3.63) is 24.0 Å². The molecule has 6 nitrogen and oxygen atoms in total. The zero-order valence-electron chi connectivity index (χ0n) is 10.00. The molecule has 0 amide bonds. The van der Waals surface area contributed by atoms with Gasteiger partial charge in [-0.3, -0.25) is 0 Å². The molecule has 2 aromatic rings. The monoisotopic (exact) mass is 266 g/mol. The number of aryl methyl sites for hydroxylation is 1. The van der Waals surface area contributed by atoms with Gasteiger partial charge in [-0.1, -0.05) is 0 Å². The summed E-state index contributed by atoms with van der Waals surface area (Å²) in [4.78, 5) is 4.14. The number of fused-ring (bicyclic) bond motifs is 1. The van der Waals surface area contributed by atoms with Gasteiger partial charge in [-0.25, -0.2) is 13.4 Å². The summed E-state index contributed by atoms with van der Waals surface area (Å²) in [5.41, 5.74) is 1.83. The quantitative estimate of drug-likeness (QED) is 0.863. The third-order valence-electron chi connectivity index (χ3n) is 3.11. The molecule has 1 fully saturated rings. The zero-order valence-corrected chi connectivity index (χ0v) is 10.8. The summed E-state index contributed by atoms with van der Waals surface area (Å²) >= 11 is 0. The summed E-state index contributed by atoms with van der Waals surface area (Å²) in [6.07, 6.45) is 2.14. The fraction of sp³-hybridized carbons (Fsp3) is 0.455. The molecule has 0 spiro atoms. The van der Waals surface area contributed by atoms with Crippen molar-refractivity contribution >= 4 is 21.3 Å². The number of nitrogens with one attached hydrogen (secondary N) is 1. The van der Waals surface area contributed by atoms with E-state index in [0.29, 0.717) is 6.42 Å². The number of rotatable bonds is 2. The van der Waals surface area contributed by atoms with Crippen molar-refractivity contribution in [2.45, 2.75) is 19.4 Å². The van der Waals surface area contributed by atoms with Gasteiger partial charge in [-0.15, -0.1) is 0 Å². The van der Waals surface area contributed by atoms with Crippen LogP contribution in [0, 0.1) is 6.92 Å². The van der Waals surface area contributed by atoms with E-state index in [1.165, 1.54) is 6.33 Å². The predicted molar refractivity (Wildman–Crippen MR) is 68.4 cm³/mol. The second-order valence-electron chi connectivity index (χ2n) is 4.69. The lowest BCUT2D eigenvalue weighted by Crippen LogP contribution is -2.22. The number of hydrogen-bond donors (Lipinski definition) is 1. The average molecular weight is 266 g/mol. The Bertz CT molecular complexity index is 692. The topological polar surface area (TPSA) is 76.4 Å². The summed E-state index contributed by atoms with van der Waals surface area (Å²) in [6, 6.07) is 3.85. The van der Waals surface area contributed by atoms with E-state index in [9.17, 15) is 8.42 Å². The summed E-state index contributed by atoms with van der Waals surface area (Å²) < 4.78 is 24.6. The Hall–Kier alpha value is -1.63. The van der Waals surface area contributed by atoms with Crippen molar-refractivity contribution < 1.29 is 8.42 Å². The number of sulfone groups is 1. The fourth-order valence-electron chi connectivity index (χ4n) is 2.28. The lowest BCUT2D eigenvalue weighted by Gasteiger charge is -2.13. The Morgan fingerprint density at radius 1 is 1.44 bits per heavy atom. The Labute approximate surface area is 105 Å². The first kappa shape index (κ1) is 11.5. The van der Waals surface area contributed by atoms with Gasteiger partial charge in [-0.05, 0) is 31.0 Å². The molecule has 0 radical (unpaired) electrons. The van der Waals surface area contributed by atoms with Crippen LogP contribution in [-0.4, -0.2) is 40.6 Å². The van der Waals surface area contributed by atoms with Crippen LogP contribution in [0.2, 0.25) is 0 Å². The first-order valence-corrected chi connectivity index (χ1v) is 7.63. The van der Waals surface area contributed by atoms with Crippen LogP contribution < -0.4 is 5.32 Å². The van der Waals surface area contributed by atoms with Gasteiger partial charge in [0.2, 0.25) is 0 Å². The summed E-state index contributed by atoms with van der Waals surface area (Å²) in [6.45, 7) is 1.98. The van der Waals surface area contributed by atoms with E-state index < -0.39 is 9.84 Å². The molecular formula is C11H14N4O2S.